The highest BCUT2D eigenvalue weighted by atomic mass is 79.9. The van der Waals surface area contributed by atoms with Gasteiger partial charge in [-0.2, -0.15) is 0 Å². The van der Waals surface area contributed by atoms with Gasteiger partial charge in [0.2, 0.25) is 5.78 Å². The van der Waals surface area contributed by atoms with E-state index >= 15 is 0 Å². The lowest BCUT2D eigenvalue weighted by molar-refractivity contribution is 0.103. The summed E-state index contributed by atoms with van der Waals surface area (Å²) in [6.07, 6.45) is 0. The van der Waals surface area contributed by atoms with Gasteiger partial charge in [0.05, 0.1) is 25.3 Å². The predicted octanol–water partition coefficient (Wildman–Crippen LogP) is 3.70. The Balaban J connectivity index is 2.52. The van der Waals surface area contributed by atoms with E-state index in [0.29, 0.717) is 22.6 Å². The number of rotatable bonds is 4. The molecule has 2 rings (SSSR count). The maximum absolute atomic E-state index is 12.6. The molecule has 0 amide bonds. The van der Waals surface area contributed by atoms with Gasteiger partial charge in [0.1, 0.15) is 11.5 Å². The van der Waals surface area contributed by atoms with Crippen molar-refractivity contribution in [2.45, 2.75) is 0 Å². The van der Waals surface area contributed by atoms with Crippen LogP contribution in [0.3, 0.4) is 0 Å². The molecular formula is C15H13BrO3. The second kappa shape index (κ2) is 5.89. The van der Waals surface area contributed by atoms with Gasteiger partial charge in [-0.05, 0) is 30.3 Å². The average Bonchev–Trinajstić information content (AvgIpc) is 2.46. The van der Waals surface area contributed by atoms with Crippen molar-refractivity contribution < 1.29 is 14.3 Å². The number of hydrogen-bond donors (Lipinski definition) is 0. The number of carbonyl (C=O) groups excluding carboxylic acids is 1. The molecule has 0 atom stereocenters. The summed E-state index contributed by atoms with van der Waals surface area (Å²) in [5.41, 5.74) is 1.02. The largest absolute Gasteiger partial charge is 0.496 e. The summed E-state index contributed by atoms with van der Waals surface area (Å²) in [5, 5.41) is 0. The fourth-order valence-corrected chi connectivity index (χ4v) is 2.20. The number of ether oxygens (including phenoxy) is 2. The first-order valence-corrected chi connectivity index (χ1v) is 6.48. The molecule has 0 fully saturated rings. The Labute approximate surface area is 120 Å². The first kappa shape index (κ1) is 13.6. The van der Waals surface area contributed by atoms with E-state index in [1.54, 1.807) is 44.6 Å². The van der Waals surface area contributed by atoms with Gasteiger partial charge in [-0.15, -0.1) is 0 Å². The van der Waals surface area contributed by atoms with Gasteiger partial charge in [0.25, 0.3) is 0 Å². The van der Waals surface area contributed by atoms with Crippen molar-refractivity contribution in [3.8, 4) is 11.5 Å². The monoisotopic (exact) mass is 320 g/mol. The van der Waals surface area contributed by atoms with E-state index in [1.165, 1.54) is 0 Å². The van der Waals surface area contributed by atoms with Gasteiger partial charge in [-0.3, -0.25) is 4.79 Å². The SMILES string of the molecule is COc1ccccc1C(=O)c1cc(Br)ccc1OC. The van der Waals surface area contributed by atoms with E-state index in [0.717, 1.165) is 4.47 Å². The molecule has 0 bridgehead atoms. The summed E-state index contributed by atoms with van der Waals surface area (Å²) in [6, 6.07) is 12.5. The molecule has 0 saturated carbocycles. The maximum Gasteiger partial charge on any atom is 0.200 e. The van der Waals surface area contributed by atoms with Crippen molar-refractivity contribution in [2.24, 2.45) is 0 Å². The van der Waals surface area contributed by atoms with E-state index < -0.39 is 0 Å². The van der Waals surface area contributed by atoms with Gasteiger partial charge in [0.15, 0.2) is 0 Å². The molecule has 0 aliphatic carbocycles. The van der Waals surface area contributed by atoms with Gasteiger partial charge in [0, 0.05) is 4.47 Å². The molecule has 0 aliphatic heterocycles. The number of hydrogen-bond acceptors (Lipinski definition) is 3. The third-order valence-corrected chi connectivity index (χ3v) is 3.25. The van der Waals surface area contributed by atoms with Crippen LogP contribution < -0.4 is 9.47 Å². The second-order valence-corrected chi connectivity index (χ2v) is 4.79. The highest BCUT2D eigenvalue weighted by Crippen LogP contribution is 2.28. The third-order valence-electron chi connectivity index (χ3n) is 2.76. The van der Waals surface area contributed by atoms with E-state index in [-0.39, 0.29) is 5.78 Å². The Morgan fingerprint density at radius 1 is 0.947 bits per heavy atom. The highest BCUT2D eigenvalue weighted by Gasteiger charge is 2.18. The normalized spacial score (nSPS) is 10.1. The van der Waals surface area contributed by atoms with Crippen LogP contribution in [0.2, 0.25) is 0 Å². The van der Waals surface area contributed by atoms with Crippen LogP contribution in [0.1, 0.15) is 15.9 Å². The van der Waals surface area contributed by atoms with Crippen molar-refractivity contribution in [1.29, 1.82) is 0 Å². The van der Waals surface area contributed by atoms with Crippen LogP contribution in [0.15, 0.2) is 46.9 Å². The Morgan fingerprint density at radius 2 is 1.58 bits per heavy atom. The van der Waals surface area contributed by atoms with Crippen molar-refractivity contribution in [1.82, 2.24) is 0 Å². The summed E-state index contributed by atoms with van der Waals surface area (Å²) < 4.78 is 11.3. The molecule has 3 nitrogen and oxygen atoms in total. The van der Waals surface area contributed by atoms with E-state index in [9.17, 15) is 4.79 Å². The van der Waals surface area contributed by atoms with Crippen molar-refractivity contribution in [3.63, 3.8) is 0 Å². The molecule has 2 aromatic carbocycles. The second-order valence-electron chi connectivity index (χ2n) is 3.87. The standard InChI is InChI=1S/C15H13BrO3/c1-18-13-6-4-3-5-11(13)15(17)12-9-10(16)7-8-14(12)19-2/h3-9H,1-2H3. The predicted molar refractivity (Wildman–Crippen MR) is 77.1 cm³/mol. The molecule has 0 aliphatic rings. The van der Waals surface area contributed by atoms with Gasteiger partial charge < -0.3 is 9.47 Å². The minimum Gasteiger partial charge on any atom is -0.496 e. The Kier molecular flexibility index (Phi) is 4.22. The van der Waals surface area contributed by atoms with E-state index in [1.807, 2.05) is 12.1 Å². The van der Waals surface area contributed by atoms with Crippen LogP contribution in [-0.4, -0.2) is 20.0 Å². The minimum atomic E-state index is -0.129. The van der Waals surface area contributed by atoms with Crippen LogP contribution in [0, 0.1) is 0 Å². The van der Waals surface area contributed by atoms with Crippen molar-refractivity contribution in [3.05, 3.63) is 58.1 Å². The van der Waals surface area contributed by atoms with Crippen LogP contribution in [0.5, 0.6) is 11.5 Å². The van der Waals surface area contributed by atoms with Gasteiger partial charge in [-0.1, -0.05) is 28.1 Å². The molecule has 2 aromatic rings. The smallest absolute Gasteiger partial charge is 0.200 e. The first-order chi connectivity index (χ1) is 9.17. The lowest BCUT2D eigenvalue weighted by Crippen LogP contribution is -2.06. The van der Waals surface area contributed by atoms with Gasteiger partial charge in [-0.25, -0.2) is 0 Å². The van der Waals surface area contributed by atoms with Crippen molar-refractivity contribution >= 4 is 21.7 Å². The fraction of sp³-hybridized carbons (Fsp3) is 0.133. The highest BCUT2D eigenvalue weighted by molar-refractivity contribution is 9.10. The summed E-state index contributed by atoms with van der Waals surface area (Å²) in [5.74, 6) is 0.962. The molecule has 0 radical (unpaired) electrons. The van der Waals surface area contributed by atoms with E-state index in [4.69, 9.17) is 9.47 Å². The molecule has 0 N–H and O–H groups in total. The number of benzene rings is 2. The van der Waals surface area contributed by atoms with Crippen LogP contribution in [0.25, 0.3) is 0 Å². The Bertz CT molecular complexity index is 608. The lowest BCUT2D eigenvalue weighted by Gasteiger charge is -2.10. The molecular weight excluding hydrogens is 308 g/mol. The Hall–Kier alpha value is -1.81. The zero-order valence-corrected chi connectivity index (χ0v) is 12.2. The molecule has 0 saturated heterocycles. The summed E-state index contributed by atoms with van der Waals surface area (Å²) in [4.78, 5) is 12.6. The number of carbonyl (C=O) groups is 1. The molecule has 19 heavy (non-hydrogen) atoms. The zero-order valence-electron chi connectivity index (χ0n) is 10.6. The summed E-state index contributed by atoms with van der Waals surface area (Å²) >= 11 is 3.36. The molecule has 0 unspecified atom stereocenters. The Morgan fingerprint density at radius 3 is 2.26 bits per heavy atom. The minimum absolute atomic E-state index is 0.129. The molecule has 4 heteroatoms. The molecule has 0 spiro atoms. The quantitative estimate of drug-likeness (QED) is 0.806. The average molecular weight is 321 g/mol. The molecule has 0 heterocycles. The van der Waals surface area contributed by atoms with Crippen LogP contribution in [-0.2, 0) is 0 Å². The van der Waals surface area contributed by atoms with Crippen LogP contribution >= 0.6 is 15.9 Å². The number of methoxy groups -OCH3 is 2. The molecule has 98 valence electrons. The first-order valence-electron chi connectivity index (χ1n) is 5.68. The number of halogens is 1. The number of ketones is 1. The molecule has 0 aromatic heterocycles. The van der Waals surface area contributed by atoms with Crippen LogP contribution in [0.4, 0.5) is 0 Å². The third kappa shape index (κ3) is 2.79. The fourth-order valence-electron chi connectivity index (χ4n) is 1.83. The maximum atomic E-state index is 12.6. The van der Waals surface area contributed by atoms with Gasteiger partial charge >= 0.3 is 0 Å². The zero-order chi connectivity index (χ0) is 13.8. The number of para-hydroxylation sites is 1. The lowest BCUT2D eigenvalue weighted by atomic mass is 10.0. The summed E-state index contributed by atoms with van der Waals surface area (Å²) in [7, 11) is 3.09. The summed E-state index contributed by atoms with van der Waals surface area (Å²) in [6.45, 7) is 0. The van der Waals surface area contributed by atoms with Crippen molar-refractivity contribution in [2.75, 3.05) is 14.2 Å². The van der Waals surface area contributed by atoms with E-state index in [2.05, 4.69) is 15.9 Å². The topological polar surface area (TPSA) is 35.5 Å².